The number of hydrogen-bond acceptors (Lipinski definition) is 7. The van der Waals surface area contributed by atoms with Gasteiger partial charge in [-0.2, -0.15) is 0 Å². The molecule has 0 radical (unpaired) electrons. The number of aromatic nitrogens is 1. The van der Waals surface area contributed by atoms with E-state index in [9.17, 15) is 23.2 Å². The Kier molecular flexibility index (Phi) is 7.75. The van der Waals surface area contributed by atoms with Crippen molar-refractivity contribution in [3.05, 3.63) is 21.8 Å². The van der Waals surface area contributed by atoms with Gasteiger partial charge < -0.3 is 9.84 Å². The maximum atomic E-state index is 13.1. The Hall–Kier alpha value is -2.18. The number of carbonyl (C=O) groups is 3. The van der Waals surface area contributed by atoms with Crippen LogP contribution in [0.5, 0.6) is 0 Å². The zero-order chi connectivity index (χ0) is 20.9. The van der Waals surface area contributed by atoms with Crippen LogP contribution >= 0.6 is 15.9 Å². The summed E-state index contributed by atoms with van der Waals surface area (Å²) < 4.78 is 31.2. The van der Waals surface area contributed by atoms with Gasteiger partial charge in [0.1, 0.15) is 16.8 Å². The second kappa shape index (κ2) is 9.15. The number of anilines is 1. The van der Waals surface area contributed by atoms with Crippen LogP contribution in [0.3, 0.4) is 0 Å². The smallest absolute Gasteiger partial charge is 0.416 e. The number of ether oxygens (including phenoxy) is 1. The molecule has 150 valence electrons. The maximum Gasteiger partial charge on any atom is 0.416 e. The molecule has 1 heterocycles. The third-order valence-corrected chi connectivity index (χ3v) is 3.37. The predicted molar refractivity (Wildman–Crippen MR) is 94.6 cm³/mol. The summed E-state index contributed by atoms with van der Waals surface area (Å²) in [5.74, 6) is 2.57. The van der Waals surface area contributed by atoms with E-state index in [1.54, 1.807) is 5.43 Å². The third kappa shape index (κ3) is 6.19. The van der Waals surface area contributed by atoms with Crippen molar-refractivity contribution < 1.29 is 33.0 Å². The highest BCUT2D eigenvalue weighted by molar-refractivity contribution is 9.10. The highest BCUT2D eigenvalue weighted by Crippen LogP contribution is 2.28. The average Bonchev–Trinajstić information content (AvgIpc) is 2.55. The van der Waals surface area contributed by atoms with Crippen LogP contribution in [0.2, 0.25) is 0 Å². The first-order chi connectivity index (χ1) is 12.4. The van der Waals surface area contributed by atoms with E-state index < -0.39 is 54.3 Å². The number of Topliss-reactive ketones (excluding diaryl/α,β-unsaturated/α-hetero) is 1. The number of ketones is 1. The molecule has 0 aromatic carbocycles. The molecule has 0 atom stereocenters. The van der Waals surface area contributed by atoms with Gasteiger partial charge in [-0.15, -0.1) is 0 Å². The molecule has 2 amide bonds. The molecular formula is C15H19BrF2N4O5. The van der Waals surface area contributed by atoms with E-state index in [0.717, 1.165) is 6.07 Å². The lowest BCUT2D eigenvalue weighted by atomic mass is 10.0. The van der Waals surface area contributed by atoms with Gasteiger partial charge in [0, 0.05) is 5.56 Å². The number of halogens is 3. The zero-order valence-corrected chi connectivity index (χ0v) is 16.3. The van der Waals surface area contributed by atoms with Crippen molar-refractivity contribution in [2.45, 2.75) is 32.8 Å². The molecule has 4 N–H and O–H groups in total. The van der Waals surface area contributed by atoms with E-state index in [1.807, 2.05) is 0 Å². The summed E-state index contributed by atoms with van der Waals surface area (Å²) in [5, 5.41) is 9.12. The Balaban J connectivity index is 3.69. The number of aliphatic hydroxyl groups is 1. The highest BCUT2D eigenvalue weighted by atomic mass is 79.9. The highest BCUT2D eigenvalue weighted by Gasteiger charge is 2.33. The summed E-state index contributed by atoms with van der Waals surface area (Å²) in [5.41, 5.74) is -0.174. The fraction of sp³-hybridized carbons (Fsp3) is 0.467. The fourth-order valence-electron chi connectivity index (χ4n) is 2.00. The van der Waals surface area contributed by atoms with Crippen LogP contribution in [0.25, 0.3) is 0 Å². The van der Waals surface area contributed by atoms with Crippen LogP contribution < -0.4 is 16.2 Å². The van der Waals surface area contributed by atoms with E-state index in [2.05, 4.69) is 20.9 Å². The molecule has 0 aliphatic rings. The van der Waals surface area contributed by atoms with Gasteiger partial charge >= 0.3 is 6.09 Å². The number of carbonyl (C=O) groups excluding carboxylic acids is 3. The van der Waals surface area contributed by atoms with Crippen LogP contribution in [0, 0.1) is 0 Å². The predicted octanol–water partition coefficient (Wildman–Crippen LogP) is 1.63. The Morgan fingerprint density at radius 2 is 2.00 bits per heavy atom. The number of alkyl halides is 2. The molecule has 0 fully saturated rings. The average molecular weight is 453 g/mol. The molecule has 0 saturated heterocycles. The van der Waals surface area contributed by atoms with E-state index in [-0.39, 0.29) is 10.2 Å². The van der Waals surface area contributed by atoms with Gasteiger partial charge in [-0.3, -0.25) is 19.9 Å². The Labute approximate surface area is 162 Å². The summed E-state index contributed by atoms with van der Waals surface area (Å²) in [6.45, 7) is 2.44. The largest absolute Gasteiger partial charge is 0.443 e. The standard InChI is InChI=1S/C15H19BrF2N4O5/c1-15(2,3)27-14(26)22(5-10(17)18)12-11(13(25)21-19)7(8(24)6-23)4-9(16)20-12/h4,10,23H,5-6,19H2,1-3H3,(H,21,25). The third-order valence-electron chi connectivity index (χ3n) is 2.96. The molecule has 1 rings (SSSR count). The lowest BCUT2D eigenvalue weighted by Gasteiger charge is -2.28. The summed E-state index contributed by atoms with van der Waals surface area (Å²) >= 11 is 2.99. The van der Waals surface area contributed by atoms with E-state index >= 15 is 0 Å². The number of nitrogen functional groups attached to an aromatic ring is 1. The van der Waals surface area contributed by atoms with Crippen LogP contribution in [0.1, 0.15) is 41.5 Å². The molecule has 1 aromatic heterocycles. The summed E-state index contributed by atoms with van der Waals surface area (Å²) in [6, 6.07) is 1.10. The lowest BCUT2D eigenvalue weighted by molar-refractivity contribution is 0.0541. The SMILES string of the molecule is CC(C)(C)OC(=O)N(CC(F)F)c1nc(Br)cc(C(=O)CO)c1C(=O)NN. The van der Waals surface area contributed by atoms with E-state index in [0.29, 0.717) is 4.90 Å². The van der Waals surface area contributed by atoms with E-state index in [4.69, 9.17) is 15.7 Å². The molecule has 0 spiro atoms. The summed E-state index contributed by atoms with van der Waals surface area (Å²) in [6.07, 6.45) is -4.20. The molecule has 27 heavy (non-hydrogen) atoms. The molecule has 12 heteroatoms. The normalized spacial score (nSPS) is 11.3. The first-order valence-electron chi connectivity index (χ1n) is 7.55. The zero-order valence-electron chi connectivity index (χ0n) is 14.8. The molecule has 0 aliphatic carbocycles. The number of aliphatic hydroxyl groups excluding tert-OH is 1. The van der Waals surface area contributed by atoms with Crippen molar-refractivity contribution in [1.82, 2.24) is 10.4 Å². The van der Waals surface area contributed by atoms with Gasteiger partial charge in [-0.25, -0.2) is 24.4 Å². The van der Waals surface area contributed by atoms with Crippen molar-refractivity contribution in [1.29, 1.82) is 0 Å². The van der Waals surface area contributed by atoms with Crippen LogP contribution in [0.4, 0.5) is 19.4 Å². The first-order valence-corrected chi connectivity index (χ1v) is 8.34. The molecule has 0 unspecified atom stereocenters. The minimum Gasteiger partial charge on any atom is -0.443 e. The fourth-order valence-corrected chi connectivity index (χ4v) is 2.40. The first kappa shape index (κ1) is 22.9. The number of nitrogens with two attached hydrogens (primary N) is 1. The van der Waals surface area contributed by atoms with Gasteiger partial charge in [-0.1, -0.05) is 0 Å². The minimum absolute atomic E-state index is 0.0364. The minimum atomic E-state index is -3.00. The molecule has 0 aliphatic heterocycles. The van der Waals surface area contributed by atoms with Crippen LogP contribution in [-0.4, -0.2) is 53.1 Å². The molecule has 1 aromatic rings. The number of pyridine rings is 1. The van der Waals surface area contributed by atoms with Gasteiger partial charge in [0.15, 0.2) is 11.6 Å². The maximum absolute atomic E-state index is 13.1. The molecule has 0 saturated carbocycles. The lowest BCUT2D eigenvalue weighted by Crippen LogP contribution is -2.42. The number of amides is 2. The Morgan fingerprint density at radius 3 is 2.44 bits per heavy atom. The number of hydrogen-bond donors (Lipinski definition) is 3. The van der Waals surface area contributed by atoms with Crippen molar-refractivity contribution in [2.24, 2.45) is 5.84 Å². The number of rotatable bonds is 6. The second-order valence-electron chi connectivity index (χ2n) is 6.23. The van der Waals surface area contributed by atoms with Gasteiger partial charge in [0.2, 0.25) is 0 Å². The van der Waals surface area contributed by atoms with Gasteiger partial charge in [-0.05, 0) is 42.8 Å². The molecule has 9 nitrogen and oxygen atoms in total. The van der Waals surface area contributed by atoms with Crippen LogP contribution in [0.15, 0.2) is 10.7 Å². The monoisotopic (exact) mass is 452 g/mol. The van der Waals surface area contributed by atoms with Crippen molar-refractivity contribution in [3.8, 4) is 0 Å². The van der Waals surface area contributed by atoms with Crippen molar-refractivity contribution >= 4 is 39.5 Å². The van der Waals surface area contributed by atoms with Gasteiger partial charge in [0.25, 0.3) is 12.3 Å². The summed E-state index contributed by atoms with van der Waals surface area (Å²) in [4.78, 5) is 40.9. The molecule has 0 bridgehead atoms. The van der Waals surface area contributed by atoms with Gasteiger partial charge in [0.05, 0.1) is 12.1 Å². The number of nitrogens with one attached hydrogen (secondary N) is 1. The van der Waals surface area contributed by atoms with E-state index in [1.165, 1.54) is 20.8 Å². The Bertz CT molecular complexity index is 740. The van der Waals surface area contributed by atoms with Crippen molar-refractivity contribution in [2.75, 3.05) is 18.1 Å². The summed E-state index contributed by atoms with van der Waals surface area (Å²) in [7, 11) is 0. The quantitative estimate of drug-likeness (QED) is 0.196. The Morgan fingerprint density at radius 1 is 1.41 bits per heavy atom. The molecular weight excluding hydrogens is 434 g/mol. The van der Waals surface area contributed by atoms with Crippen molar-refractivity contribution in [3.63, 3.8) is 0 Å². The number of nitrogens with zero attached hydrogens (tertiary/aromatic N) is 2. The van der Waals surface area contributed by atoms with Crippen LogP contribution in [-0.2, 0) is 4.74 Å². The second-order valence-corrected chi connectivity index (χ2v) is 7.04. The number of hydrazine groups is 1. The topological polar surface area (TPSA) is 135 Å².